The maximum Gasteiger partial charge on any atom is 0.358 e. The van der Waals surface area contributed by atoms with Crippen molar-refractivity contribution in [2.45, 2.75) is 25.7 Å². The van der Waals surface area contributed by atoms with Gasteiger partial charge in [0.25, 0.3) is 0 Å². The second kappa shape index (κ2) is 5.97. The van der Waals surface area contributed by atoms with Gasteiger partial charge in [0.1, 0.15) is 0 Å². The highest BCUT2D eigenvalue weighted by molar-refractivity contribution is 5.91. The number of rotatable bonds is 6. The lowest BCUT2D eigenvalue weighted by molar-refractivity contribution is -0.116. The summed E-state index contributed by atoms with van der Waals surface area (Å²) in [4.78, 5) is 22.7. The first-order valence-corrected chi connectivity index (χ1v) is 7.18. The number of nitrogens with one attached hydrogen (secondary N) is 1. The molecule has 0 unspecified atom stereocenters. The number of carbonyl (C=O) groups is 2. The molecule has 2 N–H and O–H groups in total. The minimum Gasteiger partial charge on any atom is -0.476 e. The number of amides is 1. The van der Waals surface area contributed by atoms with E-state index in [1.54, 1.807) is 24.3 Å². The van der Waals surface area contributed by atoms with Crippen molar-refractivity contribution in [3.8, 4) is 5.69 Å². The Morgan fingerprint density at radius 1 is 1.36 bits per heavy atom. The van der Waals surface area contributed by atoms with Crippen LogP contribution in [0.4, 0.5) is 5.69 Å². The minimum atomic E-state index is -1.13. The van der Waals surface area contributed by atoms with E-state index in [1.807, 2.05) is 0 Å². The fraction of sp³-hybridized carbons (Fsp3) is 0.333. The Labute approximate surface area is 126 Å². The van der Waals surface area contributed by atoms with Crippen molar-refractivity contribution in [2.24, 2.45) is 5.92 Å². The van der Waals surface area contributed by atoms with Crippen LogP contribution in [0.2, 0.25) is 0 Å². The van der Waals surface area contributed by atoms with Crippen molar-refractivity contribution in [3.63, 3.8) is 0 Å². The molecule has 1 aliphatic carbocycles. The van der Waals surface area contributed by atoms with Crippen LogP contribution in [0, 0.1) is 5.92 Å². The first kappa shape index (κ1) is 14.2. The van der Waals surface area contributed by atoms with Gasteiger partial charge in [0.2, 0.25) is 5.91 Å². The van der Waals surface area contributed by atoms with Crippen molar-refractivity contribution in [1.82, 2.24) is 15.0 Å². The SMILES string of the molecule is O=C(CCC1CC1)Nc1cccc(-n2cc(C(=O)O)nn2)c1. The first-order valence-electron chi connectivity index (χ1n) is 7.18. The summed E-state index contributed by atoms with van der Waals surface area (Å²) >= 11 is 0. The molecule has 1 amide bonds. The van der Waals surface area contributed by atoms with E-state index in [0.29, 0.717) is 17.8 Å². The molecule has 0 aliphatic heterocycles. The lowest BCUT2D eigenvalue weighted by Gasteiger charge is -2.07. The van der Waals surface area contributed by atoms with Crippen molar-refractivity contribution in [2.75, 3.05) is 5.32 Å². The van der Waals surface area contributed by atoms with E-state index < -0.39 is 5.97 Å². The van der Waals surface area contributed by atoms with Gasteiger partial charge < -0.3 is 10.4 Å². The van der Waals surface area contributed by atoms with Gasteiger partial charge in [0.05, 0.1) is 11.9 Å². The number of aromatic carboxylic acids is 1. The number of benzene rings is 1. The number of anilines is 1. The summed E-state index contributed by atoms with van der Waals surface area (Å²) in [5.41, 5.74) is 1.17. The maximum absolute atomic E-state index is 11.9. The highest BCUT2D eigenvalue weighted by atomic mass is 16.4. The van der Waals surface area contributed by atoms with Crippen molar-refractivity contribution >= 4 is 17.6 Å². The molecule has 114 valence electrons. The second-order valence-corrected chi connectivity index (χ2v) is 5.43. The van der Waals surface area contributed by atoms with Crippen molar-refractivity contribution < 1.29 is 14.7 Å². The molecule has 1 fully saturated rings. The van der Waals surface area contributed by atoms with Crippen LogP contribution in [0.25, 0.3) is 5.69 Å². The average molecular weight is 300 g/mol. The van der Waals surface area contributed by atoms with Gasteiger partial charge in [-0.1, -0.05) is 24.1 Å². The molecule has 1 aliphatic rings. The zero-order valence-corrected chi connectivity index (χ0v) is 11.9. The van der Waals surface area contributed by atoms with Gasteiger partial charge >= 0.3 is 5.97 Å². The first-order chi connectivity index (χ1) is 10.6. The molecule has 2 aromatic rings. The van der Waals surface area contributed by atoms with E-state index >= 15 is 0 Å². The third-order valence-corrected chi connectivity index (χ3v) is 3.58. The third kappa shape index (κ3) is 3.49. The number of hydrogen-bond donors (Lipinski definition) is 2. The summed E-state index contributed by atoms with van der Waals surface area (Å²) in [6.07, 6.45) is 5.27. The Morgan fingerprint density at radius 3 is 2.86 bits per heavy atom. The van der Waals surface area contributed by atoms with Crippen LogP contribution in [0.3, 0.4) is 0 Å². The molecule has 1 aromatic heterocycles. The summed E-state index contributed by atoms with van der Waals surface area (Å²) in [7, 11) is 0. The summed E-state index contributed by atoms with van der Waals surface area (Å²) in [5.74, 6) is -0.411. The molecular formula is C15H16N4O3. The predicted molar refractivity (Wildman–Crippen MR) is 78.9 cm³/mol. The molecule has 22 heavy (non-hydrogen) atoms. The largest absolute Gasteiger partial charge is 0.476 e. The fourth-order valence-corrected chi connectivity index (χ4v) is 2.18. The summed E-state index contributed by atoms with van der Waals surface area (Å²) in [6.45, 7) is 0. The highest BCUT2D eigenvalue weighted by Gasteiger charge is 2.21. The van der Waals surface area contributed by atoms with Gasteiger partial charge in [-0.25, -0.2) is 9.48 Å². The average Bonchev–Trinajstić information content (AvgIpc) is 3.19. The van der Waals surface area contributed by atoms with Gasteiger partial charge in [-0.15, -0.1) is 5.10 Å². The number of nitrogens with zero attached hydrogens (tertiary/aromatic N) is 3. The topological polar surface area (TPSA) is 97.1 Å². The molecule has 7 nitrogen and oxygen atoms in total. The van der Waals surface area contributed by atoms with E-state index in [1.165, 1.54) is 23.7 Å². The Kier molecular flexibility index (Phi) is 3.86. The zero-order valence-electron chi connectivity index (χ0n) is 11.9. The zero-order chi connectivity index (χ0) is 15.5. The molecule has 0 atom stereocenters. The normalized spacial score (nSPS) is 13.8. The lowest BCUT2D eigenvalue weighted by Crippen LogP contribution is -2.11. The van der Waals surface area contributed by atoms with Crippen LogP contribution < -0.4 is 5.32 Å². The Hall–Kier alpha value is -2.70. The molecule has 1 saturated carbocycles. The smallest absolute Gasteiger partial charge is 0.358 e. The van der Waals surface area contributed by atoms with Crippen LogP contribution in [0.1, 0.15) is 36.2 Å². The van der Waals surface area contributed by atoms with Crippen LogP contribution in [-0.4, -0.2) is 32.0 Å². The summed E-state index contributed by atoms with van der Waals surface area (Å²) < 4.78 is 1.36. The quantitative estimate of drug-likeness (QED) is 0.851. The number of hydrogen-bond acceptors (Lipinski definition) is 4. The number of aromatic nitrogens is 3. The van der Waals surface area contributed by atoms with Crippen LogP contribution in [0.15, 0.2) is 30.5 Å². The molecule has 0 spiro atoms. The molecule has 1 heterocycles. The third-order valence-electron chi connectivity index (χ3n) is 3.58. The molecule has 1 aromatic carbocycles. The molecule has 0 saturated heterocycles. The second-order valence-electron chi connectivity index (χ2n) is 5.43. The predicted octanol–water partition coefficient (Wildman–Crippen LogP) is 2.09. The van der Waals surface area contributed by atoms with E-state index in [-0.39, 0.29) is 11.6 Å². The minimum absolute atomic E-state index is 0.00568. The Bertz CT molecular complexity index is 706. The number of carbonyl (C=O) groups excluding carboxylic acids is 1. The van der Waals surface area contributed by atoms with Gasteiger partial charge in [0.15, 0.2) is 5.69 Å². The lowest BCUT2D eigenvalue weighted by atomic mass is 10.2. The van der Waals surface area contributed by atoms with Crippen molar-refractivity contribution in [1.29, 1.82) is 0 Å². The highest BCUT2D eigenvalue weighted by Crippen LogP contribution is 2.33. The number of carboxylic acid groups (broad SMARTS) is 1. The van der Waals surface area contributed by atoms with E-state index in [9.17, 15) is 9.59 Å². The maximum atomic E-state index is 11.9. The van der Waals surface area contributed by atoms with Gasteiger partial charge in [-0.2, -0.15) is 0 Å². The van der Waals surface area contributed by atoms with E-state index in [4.69, 9.17) is 5.11 Å². The Morgan fingerprint density at radius 2 is 2.18 bits per heavy atom. The molecule has 7 heteroatoms. The Balaban J connectivity index is 1.68. The molecule has 0 radical (unpaired) electrons. The molecular weight excluding hydrogens is 284 g/mol. The van der Waals surface area contributed by atoms with Crippen molar-refractivity contribution in [3.05, 3.63) is 36.2 Å². The summed E-state index contributed by atoms with van der Waals surface area (Å²) in [6, 6.07) is 7.05. The number of carboxylic acids is 1. The molecule has 0 bridgehead atoms. The van der Waals surface area contributed by atoms with Crippen LogP contribution >= 0.6 is 0 Å². The van der Waals surface area contributed by atoms with Gasteiger partial charge in [0, 0.05) is 12.1 Å². The summed E-state index contributed by atoms with van der Waals surface area (Å²) in [5, 5.41) is 19.0. The van der Waals surface area contributed by atoms with E-state index in [0.717, 1.165) is 12.3 Å². The molecule has 3 rings (SSSR count). The fourth-order valence-electron chi connectivity index (χ4n) is 2.18. The van der Waals surface area contributed by atoms with Gasteiger partial charge in [-0.05, 0) is 30.5 Å². The standard InChI is InChI=1S/C15H16N4O3/c20-14(7-6-10-4-5-10)16-11-2-1-3-12(8-11)19-9-13(15(21)22)17-18-19/h1-3,8-10H,4-7H2,(H,16,20)(H,21,22). The monoisotopic (exact) mass is 300 g/mol. The van der Waals surface area contributed by atoms with Crippen LogP contribution in [-0.2, 0) is 4.79 Å². The van der Waals surface area contributed by atoms with E-state index in [2.05, 4.69) is 15.6 Å². The van der Waals surface area contributed by atoms with Crippen LogP contribution in [0.5, 0.6) is 0 Å². The van der Waals surface area contributed by atoms with Gasteiger partial charge in [-0.3, -0.25) is 4.79 Å².